The lowest BCUT2D eigenvalue weighted by atomic mass is 9.94. The second-order valence-corrected chi connectivity index (χ2v) is 10.3. The lowest BCUT2D eigenvalue weighted by Gasteiger charge is -2.16. The van der Waals surface area contributed by atoms with Gasteiger partial charge in [0.25, 0.3) is 5.91 Å². The van der Waals surface area contributed by atoms with E-state index in [1.54, 1.807) is 6.07 Å². The lowest BCUT2D eigenvalue weighted by Crippen LogP contribution is -2.36. The van der Waals surface area contributed by atoms with Crippen molar-refractivity contribution in [3.8, 4) is 16.9 Å². The number of thiophene rings is 1. The van der Waals surface area contributed by atoms with Crippen LogP contribution in [-0.4, -0.2) is 36.9 Å². The van der Waals surface area contributed by atoms with Crippen LogP contribution in [0.3, 0.4) is 0 Å². The number of esters is 1. The average molecular weight is 550 g/mol. The first-order valence-corrected chi connectivity index (χ1v) is 12.7. The molecular weight excluding hydrogens is 519 g/mol. The van der Waals surface area contributed by atoms with Gasteiger partial charge in [0, 0.05) is 4.88 Å². The highest BCUT2D eigenvalue weighted by Gasteiger charge is 2.30. The predicted molar refractivity (Wildman–Crippen MR) is 139 cm³/mol. The predicted octanol–water partition coefficient (Wildman–Crippen LogP) is 5.92. The van der Waals surface area contributed by atoms with Crippen LogP contribution >= 0.6 is 11.3 Å². The van der Waals surface area contributed by atoms with E-state index >= 15 is 0 Å². The van der Waals surface area contributed by atoms with Crippen LogP contribution in [-0.2, 0) is 22.1 Å². The van der Waals surface area contributed by atoms with Gasteiger partial charge in [0.1, 0.15) is 12.0 Å². The molecule has 0 aliphatic rings. The molecule has 2 aromatic carbocycles. The van der Waals surface area contributed by atoms with Crippen LogP contribution in [0, 0.1) is 19.8 Å². The second-order valence-electron chi connectivity index (χ2n) is 9.16. The van der Waals surface area contributed by atoms with Gasteiger partial charge in [0.15, 0.2) is 0 Å². The van der Waals surface area contributed by atoms with Crippen LogP contribution in [0.2, 0.25) is 0 Å². The van der Waals surface area contributed by atoms with Crippen LogP contribution in [0.15, 0.2) is 48.5 Å². The highest BCUT2D eigenvalue weighted by atomic mass is 32.1. The Morgan fingerprint density at radius 1 is 1.05 bits per heavy atom. The molecule has 0 radical (unpaired) electrons. The second kappa shape index (κ2) is 12.4. The average Bonchev–Trinajstić information content (AvgIpc) is 3.30. The third-order valence-electron chi connectivity index (χ3n) is 5.86. The van der Waals surface area contributed by atoms with Crippen molar-refractivity contribution >= 4 is 23.2 Å². The summed E-state index contributed by atoms with van der Waals surface area (Å²) >= 11 is 1.30. The standard InChI is InChI=1S/C28H30F3NO5S/c1-16(11-22-9-10-23(38-22)27(35)32-24(33)14-25(34)36-4)15-37-21-12-17(2)26(18(3)13-21)19-5-7-20(8-6-19)28(29,30)31/h5-10,12-13,16,24,33H,11,14-15H2,1-4H3,(H,32,35)/t16?,24-/m0/s1. The van der Waals surface area contributed by atoms with Crippen molar-refractivity contribution in [1.29, 1.82) is 0 Å². The molecule has 1 amide bonds. The molecule has 1 unspecified atom stereocenters. The molecule has 0 saturated heterocycles. The first kappa shape index (κ1) is 29.2. The number of hydrogen-bond donors (Lipinski definition) is 2. The van der Waals surface area contributed by atoms with E-state index in [9.17, 15) is 27.9 Å². The fourth-order valence-electron chi connectivity index (χ4n) is 4.05. The summed E-state index contributed by atoms with van der Waals surface area (Å²) in [6.07, 6.45) is -5.36. The Balaban J connectivity index is 1.57. The van der Waals surface area contributed by atoms with Crippen LogP contribution in [0.5, 0.6) is 5.75 Å². The topological polar surface area (TPSA) is 84.9 Å². The molecule has 0 aliphatic carbocycles. The zero-order valence-electron chi connectivity index (χ0n) is 21.5. The maximum atomic E-state index is 12.9. The zero-order chi connectivity index (χ0) is 28.0. The van der Waals surface area contributed by atoms with Gasteiger partial charge in [0.05, 0.1) is 30.6 Å². The molecule has 3 rings (SSSR count). The van der Waals surface area contributed by atoms with E-state index in [2.05, 4.69) is 10.1 Å². The van der Waals surface area contributed by atoms with E-state index in [0.29, 0.717) is 29.2 Å². The number of amides is 1. The number of hydrogen-bond acceptors (Lipinski definition) is 6. The van der Waals surface area contributed by atoms with Gasteiger partial charge in [-0.1, -0.05) is 19.1 Å². The molecule has 10 heteroatoms. The van der Waals surface area contributed by atoms with Gasteiger partial charge < -0.3 is 19.9 Å². The lowest BCUT2D eigenvalue weighted by molar-refractivity contribution is -0.143. The van der Waals surface area contributed by atoms with Crippen LogP contribution < -0.4 is 10.1 Å². The largest absolute Gasteiger partial charge is 0.493 e. The number of aliphatic hydroxyl groups excluding tert-OH is 1. The molecule has 0 aliphatic heterocycles. The van der Waals surface area contributed by atoms with Gasteiger partial charge in [-0.15, -0.1) is 11.3 Å². The Bertz CT molecular complexity index is 1250. The summed E-state index contributed by atoms with van der Waals surface area (Å²) < 4.78 is 49.2. The summed E-state index contributed by atoms with van der Waals surface area (Å²) in [5, 5.41) is 12.2. The van der Waals surface area contributed by atoms with Gasteiger partial charge in [-0.2, -0.15) is 13.2 Å². The third-order valence-corrected chi connectivity index (χ3v) is 6.97. The van der Waals surface area contributed by atoms with E-state index in [0.717, 1.165) is 33.7 Å². The molecule has 0 saturated carbocycles. The number of aliphatic hydroxyl groups is 1. The van der Waals surface area contributed by atoms with Crippen molar-refractivity contribution in [2.45, 2.75) is 46.0 Å². The molecular formula is C28H30F3NO5S. The number of carbonyl (C=O) groups excluding carboxylic acids is 2. The molecule has 3 aromatic rings. The van der Waals surface area contributed by atoms with Gasteiger partial charge in [0.2, 0.25) is 0 Å². The highest BCUT2D eigenvalue weighted by Crippen LogP contribution is 2.34. The molecule has 2 atom stereocenters. The third kappa shape index (κ3) is 7.82. The minimum Gasteiger partial charge on any atom is -0.493 e. The number of benzene rings is 2. The van der Waals surface area contributed by atoms with Crippen molar-refractivity contribution in [2.75, 3.05) is 13.7 Å². The van der Waals surface area contributed by atoms with Crippen molar-refractivity contribution < 1.29 is 37.3 Å². The smallest absolute Gasteiger partial charge is 0.416 e. The number of ether oxygens (including phenoxy) is 2. The summed E-state index contributed by atoms with van der Waals surface area (Å²) in [6, 6.07) is 12.4. The van der Waals surface area contributed by atoms with E-state index in [-0.39, 0.29) is 12.3 Å². The maximum Gasteiger partial charge on any atom is 0.416 e. The minimum atomic E-state index is -4.37. The Kier molecular flexibility index (Phi) is 9.56. The SMILES string of the molecule is COC(=O)C[C@H](O)NC(=O)c1ccc(CC(C)COc2cc(C)c(-c3ccc(C(F)(F)F)cc3)c(C)c2)s1. The van der Waals surface area contributed by atoms with Crippen molar-refractivity contribution in [1.82, 2.24) is 5.32 Å². The van der Waals surface area contributed by atoms with Gasteiger partial charge in [-0.05, 0) is 84.8 Å². The molecule has 1 heterocycles. The number of nitrogens with one attached hydrogen (secondary N) is 1. The number of methoxy groups -OCH3 is 1. The Hall–Kier alpha value is -3.37. The molecule has 0 bridgehead atoms. The molecule has 1 aromatic heterocycles. The Morgan fingerprint density at radius 2 is 1.68 bits per heavy atom. The van der Waals surface area contributed by atoms with Crippen LogP contribution in [0.4, 0.5) is 13.2 Å². The zero-order valence-corrected chi connectivity index (χ0v) is 22.3. The fourth-order valence-corrected chi connectivity index (χ4v) is 5.13. The summed E-state index contributed by atoms with van der Waals surface area (Å²) in [5.74, 6) is -0.295. The molecule has 204 valence electrons. The maximum absolute atomic E-state index is 12.9. The minimum absolute atomic E-state index is 0.129. The molecule has 6 nitrogen and oxygen atoms in total. The van der Waals surface area contributed by atoms with Gasteiger partial charge in [-0.25, -0.2) is 0 Å². The summed E-state index contributed by atoms with van der Waals surface area (Å²) in [7, 11) is 1.20. The fraction of sp³-hybridized carbons (Fsp3) is 0.357. The monoisotopic (exact) mass is 549 g/mol. The summed E-state index contributed by atoms with van der Waals surface area (Å²) in [4.78, 5) is 24.9. The first-order valence-electron chi connectivity index (χ1n) is 11.9. The molecule has 38 heavy (non-hydrogen) atoms. The first-order chi connectivity index (χ1) is 17.9. The van der Waals surface area contributed by atoms with Gasteiger partial charge >= 0.3 is 12.1 Å². The normalized spacial score (nSPS) is 13.1. The number of alkyl halides is 3. The molecule has 2 N–H and O–H groups in total. The quantitative estimate of drug-likeness (QED) is 0.242. The number of rotatable bonds is 10. The van der Waals surface area contributed by atoms with Crippen molar-refractivity contribution in [2.24, 2.45) is 5.92 Å². The van der Waals surface area contributed by atoms with Gasteiger partial charge in [-0.3, -0.25) is 9.59 Å². The van der Waals surface area contributed by atoms with Crippen LogP contribution in [0.25, 0.3) is 11.1 Å². The number of carbonyl (C=O) groups is 2. The molecule has 0 fully saturated rings. The van der Waals surface area contributed by atoms with E-state index in [4.69, 9.17) is 4.74 Å². The Morgan fingerprint density at radius 3 is 2.26 bits per heavy atom. The summed E-state index contributed by atoms with van der Waals surface area (Å²) in [5.41, 5.74) is 2.70. The van der Waals surface area contributed by atoms with Crippen LogP contribution in [0.1, 0.15) is 44.6 Å². The Labute approximate surface area is 223 Å². The number of halogens is 3. The molecule has 0 spiro atoms. The summed E-state index contributed by atoms with van der Waals surface area (Å²) in [6.45, 7) is 6.25. The highest BCUT2D eigenvalue weighted by molar-refractivity contribution is 7.14. The van der Waals surface area contributed by atoms with E-state index < -0.39 is 29.8 Å². The van der Waals surface area contributed by atoms with E-state index in [1.807, 2.05) is 39.0 Å². The number of aryl methyl sites for hydroxylation is 2. The van der Waals surface area contributed by atoms with Crippen molar-refractivity contribution in [3.63, 3.8) is 0 Å². The van der Waals surface area contributed by atoms with E-state index in [1.165, 1.54) is 30.6 Å². The van der Waals surface area contributed by atoms with Crippen molar-refractivity contribution in [3.05, 3.63) is 75.0 Å².